The summed E-state index contributed by atoms with van der Waals surface area (Å²) < 4.78 is 16.2. The number of thioether (sulfide) groups is 1. The predicted octanol–water partition coefficient (Wildman–Crippen LogP) is 5.87. The van der Waals surface area contributed by atoms with Crippen molar-refractivity contribution in [2.24, 2.45) is 0 Å². The Hall–Kier alpha value is -2.37. The number of aryl methyl sites for hydroxylation is 1. The van der Waals surface area contributed by atoms with Crippen LogP contribution in [-0.4, -0.2) is 14.5 Å². The second-order valence-corrected chi connectivity index (χ2v) is 7.67. The molecule has 2 aromatic carbocycles. The highest BCUT2D eigenvalue weighted by Crippen LogP contribution is 2.30. The van der Waals surface area contributed by atoms with Gasteiger partial charge >= 0.3 is 0 Å². The molecule has 0 saturated carbocycles. The second-order valence-electron chi connectivity index (χ2n) is 6.32. The van der Waals surface area contributed by atoms with Crippen LogP contribution in [0.3, 0.4) is 0 Å². The number of pyridine rings is 1. The molecular formula is C21H17ClFN3S. The third-order valence-electron chi connectivity index (χ3n) is 4.35. The van der Waals surface area contributed by atoms with Crippen molar-refractivity contribution in [3.8, 4) is 0 Å². The Morgan fingerprint density at radius 1 is 1.15 bits per heavy atom. The lowest BCUT2D eigenvalue weighted by atomic mass is 10.1. The van der Waals surface area contributed by atoms with Crippen molar-refractivity contribution >= 4 is 34.4 Å². The molecule has 0 aliphatic rings. The Kier molecular flexibility index (Phi) is 5.14. The van der Waals surface area contributed by atoms with Gasteiger partial charge < -0.3 is 4.57 Å². The summed E-state index contributed by atoms with van der Waals surface area (Å²) in [5.74, 6) is 0.119. The lowest BCUT2D eigenvalue weighted by Gasteiger charge is -2.10. The van der Waals surface area contributed by atoms with E-state index < -0.39 is 0 Å². The van der Waals surface area contributed by atoms with Gasteiger partial charge in [-0.05, 0) is 30.7 Å². The van der Waals surface area contributed by atoms with E-state index in [-0.39, 0.29) is 5.82 Å². The molecule has 0 unspecified atom stereocenters. The third kappa shape index (κ3) is 3.84. The van der Waals surface area contributed by atoms with Crippen LogP contribution in [0.15, 0.2) is 66.1 Å². The van der Waals surface area contributed by atoms with E-state index in [1.807, 2.05) is 18.3 Å². The van der Waals surface area contributed by atoms with E-state index in [0.29, 0.717) is 22.9 Å². The van der Waals surface area contributed by atoms with Crippen LogP contribution in [0, 0.1) is 12.7 Å². The number of rotatable bonds is 5. The first-order valence-corrected chi connectivity index (χ1v) is 9.89. The van der Waals surface area contributed by atoms with Gasteiger partial charge in [-0.15, -0.1) is 0 Å². The molecule has 6 heteroatoms. The minimum absolute atomic E-state index is 0.294. The number of benzene rings is 2. The van der Waals surface area contributed by atoms with Crippen molar-refractivity contribution in [3.63, 3.8) is 0 Å². The Labute approximate surface area is 166 Å². The van der Waals surface area contributed by atoms with Gasteiger partial charge in [0.1, 0.15) is 5.82 Å². The molecule has 0 spiro atoms. The third-order valence-corrected chi connectivity index (χ3v) is 5.70. The molecule has 136 valence electrons. The molecule has 0 aliphatic heterocycles. The molecule has 0 atom stereocenters. The van der Waals surface area contributed by atoms with Crippen molar-refractivity contribution in [3.05, 3.63) is 88.5 Å². The summed E-state index contributed by atoms with van der Waals surface area (Å²) >= 11 is 7.65. The highest BCUT2D eigenvalue weighted by Gasteiger charge is 2.14. The van der Waals surface area contributed by atoms with Crippen molar-refractivity contribution in [2.75, 3.05) is 0 Å². The zero-order valence-electron chi connectivity index (χ0n) is 14.7. The molecule has 0 N–H and O–H groups in total. The van der Waals surface area contributed by atoms with Crippen LogP contribution in [0.4, 0.5) is 4.39 Å². The maximum atomic E-state index is 14.1. The number of imidazole rings is 1. The summed E-state index contributed by atoms with van der Waals surface area (Å²) in [5.41, 5.74) is 4.73. The van der Waals surface area contributed by atoms with Crippen molar-refractivity contribution in [1.29, 1.82) is 0 Å². The minimum atomic E-state index is -0.294. The maximum Gasteiger partial charge on any atom is 0.169 e. The molecular weight excluding hydrogens is 381 g/mol. The van der Waals surface area contributed by atoms with Crippen molar-refractivity contribution in [1.82, 2.24) is 14.5 Å². The summed E-state index contributed by atoms with van der Waals surface area (Å²) in [6.07, 6.45) is 3.55. The predicted molar refractivity (Wildman–Crippen MR) is 109 cm³/mol. The Morgan fingerprint density at radius 2 is 2.00 bits per heavy atom. The van der Waals surface area contributed by atoms with Crippen LogP contribution in [0.2, 0.25) is 5.02 Å². The van der Waals surface area contributed by atoms with E-state index in [9.17, 15) is 4.39 Å². The van der Waals surface area contributed by atoms with Crippen LogP contribution < -0.4 is 0 Å². The quantitative estimate of drug-likeness (QED) is 0.394. The van der Waals surface area contributed by atoms with Gasteiger partial charge in [0.2, 0.25) is 0 Å². The highest BCUT2D eigenvalue weighted by molar-refractivity contribution is 7.98. The van der Waals surface area contributed by atoms with Crippen LogP contribution in [0.1, 0.15) is 16.7 Å². The lowest BCUT2D eigenvalue weighted by molar-refractivity contribution is 0.617. The monoisotopic (exact) mass is 397 g/mol. The van der Waals surface area contributed by atoms with E-state index >= 15 is 0 Å². The van der Waals surface area contributed by atoms with E-state index in [2.05, 4.69) is 34.7 Å². The van der Waals surface area contributed by atoms with Crippen molar-refractivity contribution in [2.45, 2.75) is 24.4 Å². The van der Waals surface area contributed by atoms with E-state index in [1.54, 1.807) is 18.3 Å². The second kappa shape index (κ2) is 7.71. The zero-order valence-corrected chi connectivity index (χ0v) is 16.3. The topological polar surface area (TPSA) is 30.7 Å². The average Bonchev–Trinajstić information content (AvgIpc) is 2.99. The number of aromatic nitrogens is 3. The van der Waals surface area contributed by atoms with Gasteiger partial charge in [0.05, 0.1) is 23.8 Å². The van der Waals surface area contributed by atoms with Crippen LogP contribution in [0.5, 0.6) is 0 Å². The molecule has 2 aromatic heterocycles. The summed E-state index contributed by atoms with van der Waals surface area (Å²) in [5, 5.41) is 1.25. The standard InChI is InChI=1S/C21H17ClFN3S/c1-14-4-2-5-15(10-14)12-26-20-11-24-9-8-19(20)25-21(26)27-13-16-17(22)6-3-7-18(16)23/h2-11H,12-13H2,1H3. The van der Waals surface area contributed by atoms with E-state index in [0.717, 1.165) is 16.2 Å². The van der Waals surface area contributed by atoms with Crippen LogP contribution in [-0.2, 0) is 12.3 Å². The largest absolute Gasteiger partial charge is 0.313 e. The number of fused-ring (bicyclic) bond motifs is 1. The van der Waals surface area contributed by atoms with Gasteiger partial charge in [-0.25, -0.2) is 9.37 Å². The number of hydrogen-bond acceptors (Lipinski definition) is 3. The molecule has 0 saturated heterocycles. The molecule has 0 radical (unpaired) electrons. The van der Waals surface area contributed by atoms with Gasteiger partial charge in [0, 0.05) is 22.5 Å². The Balaban J connectivity index is 1.69. The fourth-order valence-corrected chi connectivity index (χ4v) is 4.37. The SMILES string of the molecule is Cc1cccc(Cn2c(SCc3c(F)cccc3Cl)nc3ccncc32)c1. The van der Waals surface area contributed by atoms with Crippen LogP contribution >= 0.6 is 23.4 Å². The molecule has 0 aliphatic carbocycles. The first-order chi connectivity index (χ1) is 13.1. The molecule has 4 rings (SSSR count). The average molecular weight is 398 g/mol. The smallest absolute Gasteiger partial charge is 0.169 e. The molecule has 0 amide bonds. The van der Waals surface area contributed by atoms with Crippen LogP contribution in [0.25, 0.3) is 11.0 Å². The van der Waals surface area contributed by atoms with Gasteiger partial charge in [-0.2, -0.15) is 0 Å². The molecule has 27 heavy (non-hydrogen) atoms. The first-order valence-electron chi connectivity index (χ1n) is 8.53. The Morgan fingerprint density at radius 3 is 2.81 bits per heavy atom. The van der Waals surface area contributed by atoms with Gasteiger partial charge in [0.25, 0.3) is 0 Å². The van der Waals surface area contributed by atoms with E-state index in [4.69, 9.17) is 16.6 Å². The fourth-order valence-electron chi connectivity index (χ4n) is 3.01. The molecule has 4 aromatic rings. The van der Waals surface area contributed by atoms with Crippen molar-refractivity contribution < 1.29 is 4.39 Å². The number of halogens is 2. The molecule has 0 fully saturated rings. The fraction of sp³-hybridized carbons (Fsp3) is 0.143. The summed E-state index contributed by atoms with van der Waals surface area (Å²) in [6.45, 7) is 2.75. The lowest BCUT2D eigenvalue weighted by Crippen LogP contribution is -2.02. The van der Waals surface area contributed by atoms with Gasteiger partial charge in [-0.3, -0.25) is 4.98 Å². The summed E-state index contributed by atoms with van der Waals surface area (Å²) in [7, 11) is 0. The maximum absolute atomic E-state index is 14.1. The summed E-state index contributed by atoms with van der Waals surface area (Å²) in [4.78, 5) is 8.97. The Bertz CT molecular complexity index is 1090. The normalized spacial score (nSPS) is 11.2. The molecule has 0 bridgehead atoms. The zero-order chi connectivity index (χ0) is 18.8. The van der Waals surface area contributed by atoms with Gasteiger partial charge in [-0.1, -0.05) is 59.3 Å². The molecule has 3 nitrogen and oxygen atoms in total. The van der Waals surface area contributed by atoms with E-state index in [1.165, 1.54) is 29.0 Å². The van der Waals surface area contributed by atoms with Gasteiger partial charge in [0.15, 0.2) is 5.16 Å². The summed E-state index contributed by atoms with van der Waals surface area (Å²) in [6, 6.07) is 15.0. The number of hydrogen-bond donors (Lipinski definition) is 0. The molecule has 2 heterocycles. The number of nitrogens with zero attached hydrogens (tertiary/aromatic N) is 3. The highest BCUT2D eigenvalue weighted by atomic mass is 35.5. The first kappa shape index (κ1) is 18.0. The minimum Gasteiger partial charge on any atom is -0.313 e.